The van der Waals surface area contributed by atoms with Crippen LogP contribution in [-0.2, 0) is 11.2 Å². The Morgan fingerprint density at radius 2 is 2.00 bits per heavy atom. The molecule has 2 heterocycles. The van der Waals surface area contributed by atoms with Crippen LogP contribution in [0, 0.1) is 6.92 Å². The van der Waals surface area contributed by atoms with Crippen molar-refractivity contribution in [3.05, 3.63) is 47.3 Å². The average Bonchev–Trinajstić information content (AvgIpc) is 3.04. The summed E-state index contributed by atoms with van der Waals surface area (Å²) in [5, 5.41) is 3.90. The second-order valence-corrected chi connectivity index (χ2v) is 6.01. The zero-order valence-electron chi connectivity index (χ0n) is 14.2. The van der Waals surface area contributed by atoms with Gasteiger partial charge in [-0.3, -0.25) is 4.99 Å². The average molecular weight is 328 g/mol. The van der Waals surface area contributed by atoms with Gasteiger partial charge in [0.1, 0.15) is 11.5 Å². The fraction of sp³-hybridized carbons (Fsp3) is 0.474. The number of nitrogens with zero attached hydrogens (tertiary/aromatic N) is 2. The predicted molar refractivity (Wildman–Crippen MR) is 92.7 cm³/mol. The van der Waals surface area contributed by atoms with E-state index in [1.165, 1.54) is 0 Å². The van der Waals surface area contributed by atoms with E-state index in [-0.39, 0.29) is 0 Å². The zero-order chi connectivity index (χ0) is 16.6. The first-order chi connectivity index (χ1) is 11.8. The molecule has 0 aliphatic carbocycles. The summed E-state index contributed by atoms with van der Waals surface area (Å²) < 4.78 is 16.6. The molecule has 1 aromatic heterocycles. The molecular weight excluding hydrogens is 304 g/mol. The Balaban J connectivity index is 1.34. The third kappa shape index (κ3) is 4.85. The topological polar surface area (TPSA) is 56.9 Å². The van der Waals surface area contributed by atoms with Crippen LogP contribution in [0.25, 0.3) is 0 Å². The monoisotopic (exact) mass is 328 g/mol. The van der Waals surface area contributed by atoms with Gasteiger partial charge in [0.15, 0.2) is 0 Å². The van der Waals surface area contributed by atoms with Crippen LogP contribution in [0.2, 0.25) is 0 Å². The van der Waals surface area contributed by atoms with Gasteiger partial charge in [0, 0.05) is 31.0 Å². The molecule has 24 heavy (non-hydrogen) atoms. The van der Waals surface area contributed by atoms with Gasteiger partial charge < -0.3 is 14.0 Å². The molecule has 0 N–H and O–H groups in total. The molecule has 1 aliphatic rings. The van der Waals surface area contributed by atoms with Crippen molar-refractivity contribution in [1.29, 1.82) is 0 Å². The number of aryl methyl sites for hydroxylation is 2. The fourth-order valence-corrected chi connectivity index (χ4v) is 2.63. The Morgan fingerprint density at radius 3 is 2.71 bits per heavy atom. The maximum absolute atomic E-state index is 5.79. The van der Waals surface area contributed by atoms with Crippen molar-refractivity contribution >= 4 is 5.90 Å². The number of hydrogen-bond donors (Lipinski definition) is 0. The molecule has 0 amide bonds. The Labute approximate surface area is 142 Å². The molecule has 0 fully saturated rings. The molecule has 5 nitrogen and oxygen atoms in total. The maximum atomic E-state index is 5.79. The van der Waals surface area contributed by atoms with Crippen LogP contribution in [0.5, 0.6) is 5.75 Å². The molecule has 0 bridgehead atoms. The molecule has 0 saturated heterocycles. The Kier molecular flexibility index (Phi) is 5.88. The summed E-state index contributed by atoms with van der Waals surface area (Å²) in [6.45, 7) is 4.28. The predicted octanol–water partition coefficient (Wildman–Crippen LogP) is 3.94. The second kappa shape index (κ2) is 8.52. The Bertz CT molecular complexity index is 662. The van der Waals surface area contributed by atoms with E-state index < -0.39 is 0 Å². The summed E-state index contributed by atoms with van der Waals surface area (Å²) in [6.07, 6.45) is 5.18. The minimum absolute atomic E-state index is 0.728. The van der Waals surface area contributed by atoms with Gasteiger partial charge in [-0.1, -0.05) is 5.16 Å². The molecule has 3 rings (SSSR count). The summed E-state index contributed by atoms with van der Waals surface area (Å²) in [5.41, 5.74) is 1.96. The molecule has 0 unspecified atom stereocenters. The highest BCUT2D eigenvalue weighted by Gasteiger charge is 2.08. The van der Waals surface area contributed by atoms with E-state index in [0.717, 1.165) is 80.5 Å². The lowest BCUT2D eigenvalue weighted by atomic mass is 10.1. The molecule has 0 radical (unpaired) electrons. The van der Waals surface area contributed by atoms with E-state index in [0.29, 0.717) is 0 Å². The van der Waals surface area contributed by atoms with Crippen LogP contribution in [0.15, 0.2) is 39.8 Å². The van der Waals surface area contributed by atoms with Gasteiger partial charge in [-0.2, -0.15) is 0 Å². The third-order valence-electron chi connectivity index (χ3n) is 3.91. The molecular formula is C19H24N2O3. The number of aliphatic imine (C=N–C) groups is 1. The summed E-state index contributed by atoms with van der Waals surface area (Å²) in [6, 6.07) is 9.97. The zero-order valence-corrected chi connectivity index (χ0v) is 14.2. The van der Waals surface area contributed by atoms with Crippen molar-refractivity contribution in [2.75, 3.05) is 19.8 Å². The first kappa shape index (κ1) is 16.6. The van der Waals surface area contributed by atoms with Crippen LogP contribution in [0.1, 0.15) is 42.7 Å². The highest BCUT2D eigenvalue weighted by atomic mass is 16.5. The maximum Gasteiger partial charge on any atom is 0.216 e. The fourth-order valence-electron chi connectivity index (χ4n) is 2.63. The molecule has 0 spiro atoms. The van der Waals surface area contributed by atoms with Crippen molar-refractivity contribution in [3.8, 4) is 5.75 Å². The molecule has 128 valence electrons. The van der Waals surface area contributed by atoms with E-state index in [2.05, 4.69) is 10.1 Å². The highest BCUT2D eigenvalue weighted by Crippen LogP contribution is 2.16. The number of ether oxygens (including phenoxy) is 2. The van der Waals surface area contributed by atoms with E-state index in [1.54, 1.807) is 0 Å². The van der Waals surface area contributed by atoms with Crippen molar-refractivity contribution in [2.24, 2.45) is 4.99 Å². The van der Waals surface area contributed by atoms with Gasteiger partial charge >= 0.3 is 0 Å². The van der Waals surface area contributed by atoms with E-state index in [4.69, 9.17) is 14.0 Å². The number of unbranched alkanes of at least 4 members (excludes halogenated alkanes) is 2. The van der Waals surface area contributed by atoms with Crippen molar-refractivity contribution in [1.82, 2.24) is 5.16 Å². The summed E-state index contributed by atoms with van der Waals surface area (Å²) >= 11 is 0. The lowest BCUT2D eigenvalue weighted by Gasteiger charge is -2.14. The number of hydrogen-bond acceptors (Lipinski definition) is 5. The standard InChI is InChI=1S/C19H24N2O3/c1-15-14-18(24-21-15)6-3-2-4-12-22-17-9-7-16(8-10-17)19-20-11-5-13-23-19/h7-10,14H,2-6,11-13H2,1H3. The number of aromatic nitrogens is 1. The molecule has 0 atom stereocenters. The Morgan fingerprint density at radius 1 is 1.12 bits per heavy atom. The number of benzene rings is 1. The van der Waals surface area contributed by atoms with Crippen LogP contribution in [0.4, 0.5) is 0 Å². The van der Waals surface area contributed by atoms with Gasteiger partial charge in [-0.05, 0) is 50.5 Å². The first-order valence-corrected chi connectivity index (χ1v) is 8.64. The van der Waals surface area contributed by atoms with E-state index in [9.17, 15) is 0 Å². The first-order valence-electron chi connectivity index (χ1n) is 8.64. The van der Waals surface area contributed by atoms with Crippen molar-refractivity contribution < 1.29 is 14.0 Å². The SMILES string of the molecule is Cc1cc(CCCCCOc2ccc(C3=NCCCO3)cc2)on1. The molecule has 1 aliphatic heterocycles. The molecule has 2 aromatic rings. The van der Waals surface area contributed by atoms with Gasteiger partial charge in [-0.15, -0.1) is 0 Å². The van der Waals surface area contributed by atoms with E-state index >= 15 is 0 Å². The largest absolute Gasteiger partial charge is 0.494 e. The van der Waals surface area contributed by atoms with Gasteiger partial charge in [-0.25, -0.2) is 0 Å². The quantitative estimate of drug-likeness (QED) is 0.689. The smallest absolute Gasteiger partial charge is 0.216 e. The summed E-state index contributed by atoms with van der Waals surface area (Å²) in [5.74, 6) is 2.60. The minimum Gasteiger partial charge on any atom is -0.494 e. The van der Waals surface area contributed by atoms with Crippen LogP contribution in [0.3, 0.4) is 0 Å². The van der Waals surface area contributed by atoms with Crippen molar-refractivity contribution in [2.45, 2.75) is 39.0 Å². The molecule has 5 heteroatoms. The van der Waals surface area contributed by atoms with Gasteiger partial charge in [0.25, 0.3) is 0 Å². The van der Waals surface area contributed by atoms with Gasteiger partial charge in [0.2, 0.25) is 5.90 Å². The van der Waals surface area contributed by atoms with Crippen LogP contribution in [-0.4, -0.2) is 30.8 Å². The lowest BCUT2D eigenvalue weighted by Crippen LogP contribution is -2.14. The molecule has 0 saturated carbocycles. The normalized spacial score (nSPS) is 14.1. The third-order valence-corrected chi connectivity index (χ3v) is 3.91. The van der Waals surface area contributed by atoms with Crippen LogP contribution < -0.4 is 4.74 Å². The summed E-state index contributed by atoms with van der Waals surface area (Å²) in [4.78, 5) is 4.39. The van der Waals surface area contributed by atoms with E-state index in [1.807, 2.05) is 37.3 Å². The second-order valence-electron chi connectivity index (χ2n) is 6.01. The highest BCUT2D eigenvalue weighted by molar-refractivity contribution is 5.94. The van der Waals surface area contributed by atoms with Gasteiger partial charge in [0.05, 0.1) is 18.9 Å². The molecule has 1 aromatic carbocycles. The van der Waals surface area contributed by atoms with Crippen molar-refractivity contribution in [3.63, 3.8) is 0 Å². The lowest BCUT2D eigenvalue weighted by molar-refractivity contribution is 0.284. The number of rotatable bonds is 8. The summed E-state index contributed by atoms with van der Waals surface area (Å²) in [7, 11) is 0. The Hall–Kier alpha value is -2.30. The van der Waals surface area contributed by atoms with Crippen LogP contribution >= 0.6 is 0 Å². The minimum atomic E-state index is 0.728.